The molecule has 0 atom stereocenters. The van der Waals surface area contributed by atoms with Crippen molar-refractivity contribution < 1.29 is 18.9 Å². The van der Waals surface area contributed by atoms with Gasteiger partial charge in [-0.15, -0.1) is 0 Å². The normalized spacial score (nSPS) is 11.3. The first-order chi connectivity index (χ1) is 39.7. The van der Waals surface area contributed by atoms with Gasteiger partial charge in [-0.3, -0.25) is 0 Å². The predicted molar refractivity (Wildman–Crippen MR) is 345 cm³/mol. The maximum Gasteiger partial charge on any atom is 0.162 e. The Morgan fingerprint density at radius 2 is 0.338 bits per heavy atom. The van der Waals surface area contributed by atoms with Crippen molar-refractivity contribution in [3.05, 3.63) is 68.1 Å². The minimum Gasteiger partial charge on any atom is -0.490 e. The SMILES string of the molecule is CCCCCCCCCCCCCCOc1cc2c(cc1OCCCCCCCCCCCCCC)=C=C=C=C=c1cc(OCCCCCCCCCCCCCC)c(OCCCCCCCCCCCCCC)cc1=C=C=C=C=2. The minimum absolute atomic E-state index is 0.654. The summed E-state index contributed by atoms with van der Waals surface area (Å²) in [5.74, 6) is 2.96. The van der Waals surface area contributed by atoms with Crippen LogP contribution in [-0.4, -0.2) is 26.4 Å². The van der Waals surface area contributed by atoms with Crippen molar-refractivity contribution in [2.24, 2.45) is 0 Å². The van der Waals surface area contributed by atoms with E-state index in [0.29, 0.717) is 26.4 Å². The molecule has 0 saturated carbocycles. The van der Waals surface area contributed by atoms with E-state index in [1.54, 1.807) is 0 Å². The van der Waals surface area contributed by atoms with Crippen molar-refractivity contribution in [2.45, 2.75) is 336 Å². The van der Waals surface area contributed by atoms with E-state index in [-0.39, 0.29) is 0 Å². The van der Waals surface area contributed by atoms with E-state index in [2.05, 4.69) is 73.5 Å². The molecule has 4 nitrogen and oxygen atoms in total. The van der Waals surface area contributed by atoms with Gasteiger partial charge in [-0.05, 0) is 48.6 Å². The van der Waals surface area contributed by atoms with Gasteiger partial charge in [0, 0.05) is 45.1 Å². The van der Waals surface area contributed by atoms with Crippen molar-refractivity contribution in [3.8, 4) is 23.0 Å². The van der Waals surface area contributed by atoms with E-state index in [1.807, 2.05) is 24.3 Å². The second-order valence-corrected chi connectivity index (χ2v) is 23.6. The lowest BCUT2D eigenvalue weighted by atomic mass is 10.1. The summed E-state index contributed by atoms with van der Waals surface area (Å²) in [6.45, 7) is 11.8. The predicted octanol–water partition coefficient (Wildman–Crippen LogP) is 21.0. The molecule has 448 valence electrons. The number of fused-ring (bicyclic) bond motifs is 2. The number of hydrogen-bond donors (Lipinski definition) is 0. The first-order valence-corrected chi connectivity index (χ1v) is 34.6. The molecule has 0 aromatic heterocycles. The molecule has 4 heteroatoms. The first kappa shape index (κ1) is 70.1. The van der Waals surface area contributed by atoms with Crippen molar-refractivity contribution in [3.63, 3.8) is 0 Å². The fourth-order valence-electron chi connectivity index (χ4n) is 10.9. The maximum atomic E-state index is 6.54. The van der Waals surface area contributed by atoms with Crippen LogP contribution in [0, 0.1) is 0 Å². The lowest BCUT2D eigenvalue weighted by Gasteiger charge is -2.13. The van der Waals surface area contributed by atoms with Crippen LogP contribution in [0.15, 0.2) is 47.2 Å². The van der Waals surface area contributed by atoms with Crippen LogP contribution < -0.4 is 39.8 Å². The van der Waals surface area contributed by atoms with Crippen molar-refractivity contribution in [1.82, 2.24) is 0 Å². The van der Waals surface area contributed by atoms with Crippen LogP contribution in [0.25, 0.3) is 22.9 Å². The van der Waals surface area contributed by atoms with E-state index >= 15 is 0 Å². The highest BCUT2D eigenvalue weighted by atomic mass is 16.5. The third-order valence-corrected chi connectivity index (χ3v) is 16.1. The Balaban J connectivity index is 1.77. The molecule has 1 aliphatic carbocycles. The molecule has 0 aliphatic heterocycles. The van der Waals surface area contributed by atoms with Gasteiger partial charge in [0.1, 0.15) is 0 Å². The topological polar surface area (TPSA) is 36.9 Å². The van der Waals surface area contributed by atoms with E-state index in [0.717, 1.165) is 69.6 Å². The summed E-state index contributed by atoms with van der Waals surface area (Å²) < 4.78 is 26.1. The van der Waals surface area contributed by atoms with E-state index < -0.39 is 0 Å². The van der Waals surface area contributed by atoms with E-state index in [1.165, 1.54) is 283 Å². The van der Waals surface area contributed by atoms with Gasteiger partial charge < -0.3 is 18.9 Å². The summed E-state index contributed by atoms with van der Waals surface area (Å²) >= 11 is 0. The highest BCUT2D eigenvalue weighted by Gasteiger charge is 2.10. The monoisotopic (exact) mass is 1100 g/mol. The molecule has 0 unspecified atom stereocenters. The van der Waals surface area contributed by atoms with E-state index in [4.69, 9.17) is 18.9 Å². The largest absolute Gasteiger partial charge is 0.490 e. The highest BCUT2D eigenvalue weighted by Crippen LogP contribution is 2.26. The Morgan fingerprint density at radius 1 is 0.200 bits per heavy atom. The van der Waals surface area contributed by atoms with Crippen LogP contribution >= 0.6 is 0 Å². The van der Waals surface area contributed by atoms with Crippen molar-refractivity contribution in [1.29, 1.82) is 0 Å². The van der Waals surface area contributed by atoms with Crippen LogP contribution in [0.3, 0.4) is 0 Å². The van der Waals surface area contributed by atoms with Gasteiger partial charge in [-0.1, -0.05) is 333 Å². The highest BCUT2D eigenvalue weighted by molar-refractivity contribution is 5.47. The molecule has 0 saturated heterocycles. The third kappa shape index (κ3) is 37.8. The van der Waals surface area contributed by atoms with Gasteiger partial charge >= 0.3 is 0 Å². The smallest absolute Gasteiger partial charge is 0.162 e. The summed E-state index contributed by atoms with van der Waals surface area (Å²) in [5, 5.41) is 3.13. The minimum atomic E-state index is 0.654. The number of rotatable bonds is 56. The Kier molecular flexibility index (Phi) is 46.4. The lowest BCUT2D eigenvalue weighted by molar-refractivity contribution is 0.258. The summed E-state index contributed by atoms with van der Waals surface area (Å²) in [6, 6.07) is 8.08. The van der Waals surface area contributed by atoms with Crippen LogP contribution in [0.5, 0.6) is 23.0 Å². The van der Waals surface area contributed by atoms with Crippen LogP contribution in [-0.2, 0) is 0 Å². The number of ether oxygens (including phenoxy) is 4. The summed E-state index contributed by atoms with van der Waals surface area (Å²) in [5.41, 5.74) is 26.1. The Bertz CT molecular complexity index is 2000. The molecule has 0 spiro atoms. The van der Waals surface area contributed by atoms with E-state index in [9.17, 15) is 0 Å². The molecule has 2 aromatic rings. The quantitative estimate of drug-likeness (QED) is 0.0417. The summed E-state index contributed by atoms with van der Waals surface area (Å²) in [4.78, 5) is 0. The average Bonchev–Trinajstić information content (AvgIpc) is 3.48. The Hall–Kier alpha value is -4.12. The molecular formula is C76H120O4. The zero-order valence-electron chi connectivity index (χ0n) is 52.7. The van der Waals surface area contributed by atoms with Gasteiger partial charge in [0.2, 0.25) is 0 Å². The van der Waals surface area contributed by atoms with Gasteiger partial charge in [0.15, 0.2) is 23.0 Å². The van der Waals surface area contributed by atoms with Crippen LogP contribution in [0.4, 0.5) is 0 Å². The molecule has 0 bridgehead atoms. The summed E-state index contributed by atoms with van der Waals surface area (Å²) in [7, 11) is 0. The molecule has 2 aromatic carbocycles. The fourth-order valence-corrected chi connectivity index (χ4v) is 10.9. The summed E-state index contributed by atoms with van der Waals surface area (Å²) in [6.07, 6.45) is 63.1. The Morgan fingerprint density at radius 3 is 0.487 bits per heavy atom. The molecular weight excluding hydrogens is 977 g/mol. The molecule has 0 amide bonds. The molecule has 3 rings (SSSR count). The lowest BCUT2D eigenvalue weighted by Crippen LogP contribution is -2.23. The van der Waals surface area contributed by atoms with Gasteiger partial charge in [-0.2, -0.15) is 0 Å². The van der Waals surface area contributed by atoms with Crippen LogP contribution in [0.1, 0.15) is 336 Å². The second-order valence-electron chi connectivity index (χ2n) is 23.6. The van der Waals surface area contributed by atoms with Gasteiger partial charge in [0.05, 0.1) is 26.4 Å². The standard InChI is InChI=1S/C76H120O4/c1-5-9-13-17-21-25-29-33-37-41-45-53-61-77-73-65-69-57-49-50-59-71-67-75(79-63-55-47-43-39-35-31-27-23-19-15-11-7-3)76(80-64-56-48-44-40-36-32-28-24-20-16-12-8-4)68-72(71)60-52-51-58-70(69)66-74(73)78-62-54-46-42-38-34-30-26-22-18-14-10-6-2/h65-68H,5-48,53-56,61-64H2,1-4H3. The first-order valence-electron chi connectivity index (χ1n) is 34.6. The molecule has 0 heterocycles. The zero-order valence-corrected chi connectivity index (χ0v) is 52.7. The third-order valence-electron chi connectivity index (χ3n) is 16.1. The van der Waals surface area contributed by atoms with Crippen molar-refractivity contribution in [2.75, 3.05) is 26.4 Å². The molecule has 0 radical (unpaired) electrons. The maximum absolute atomic E-state index is 6.54. The zero-order chi connectivity index (χ0) is 56.7. The molecule has 0 fully saturated rings. The van der Waals surface area contributed by atoms with Crippen molar-refractivity contribution >= 4 is 22.9 Å². The average molecular weight is 1100 g/mol. The molecule has 0 N–H and O–H groups in total. The number of hydrogen-bond acceptors (Lipinski definition) is 4. The van der Waals surface area contributed by atoms with Gasteiger partial charge in [-0.25, -0.2) is 0 Å². The number of unbranched alkanes of at least 4 members (excludes halogenated alkanes) is 44. The van der Waals surface area contributed by atoms with Crippen LogP contribution in [0.2, 0.25) is 0 Å². The number of benzene rings is 2. The van der Waals surface area contributed by atoms with Gasteiger partial charge in [0.25, 0.3) is 0 Å². The molecule has 1 aliphatic rings. The molecule has 80 heavy (non-hydrogen) atoms. The fraction of sp³-hybridized carbons (Fsp3) is 0.737. The Labute approximate surface area is 492 Å². The second kappa shape index (κ2) is 52.9.